The average molecular weight is 658 g/mol. The zero-order valence-electron chi connectivity index (χ0n) is 26.7. The Morgan fingerprint density at radius 2 is 1.69 bits per heavy atom. The molecule has 4 rings (SSSR count). The van der Waals surface area contributed by atoms with Crippen molar-refractivity contribution in [1.82, 2.24) is 5.32 Å². The highest BCUT2D eigenvalue weighted by Crippen LogP contribution is 2.43. The van der Waals surface area contributed by atoms with Gasteiger partial charge in [0.25, 0.3) is 5.91 Å². The van der Waals surface area contributed by atoms with Gasteiger partial charge in [-0.05, 0) is 74.5 Å². The number of amides is 1. The summed E-state index contributed by atoms with van der Waals surface area (Å²) in [6, 6.07) is 23.7. The fourth-order valence-corrected chi connectivity index (χ4v) is 5.53. The Morgan fingerprint density at radius 1 is 0.978 bits per heavy atom. The van der Waals surface area contributed by atoms with Gasteiger partial charge in [-0.2, -0.15) is 0 Å². The molecule has 2 unspecified atom stereocenters. The van der Waals surface area contributed by atoms with E-state index in [9.17, 15) is 9.59 Å². The smallest absolute Gasteiger partial charge is 0.308 e. The maximum atomic E-state index is 14.0. The summed E-state index contributed by atoms with van der Waals surface area (Å²) in [4.78, 5) is 28.3. The third-order valence-corrected chi connectivity index (χ3v) is 7.55. The van der Waals surface area contributed by atoms with Crippen LogP contribution in [0, 0.1) is 5.41 Å². The molecule has 0 saturated heterocycles. The van der Waals surface area contributed by atoms with Crippen molar-refractivity contribution >= 4 is 41.6 Å². The first-order valence-corrected chi connectivity index (χ1v) is 15.9. The van der Waals surface area contributed by atoms with Crippen molar-refractivity contribution in [3.63, 3.8) is 0 Å². The van der Waals surface area contributed by atoms with E-state index in [0.717, 1.165) is 43.5 Å². The number of esters is 1. The number of halogens is 2. The van der Waals surface area contributed by atoms with Crippen LogP contribution in [0.25, 0.3) is 0 Å². The molecule has 1 heterocycles. The minimum Gasteiger partial charge on any atom is -0.493 e. The summed E-state index contributed by atoms with van der Waals surface area (Å²) < 4.78 is 18.1. The van der Waals surface area contributed by atoms with Crippen molar-refractivity contribution in [2.24, 2.45) is 5.41 Å². The number of hydrogen-bond donors (Lipinski definition) is 1. The fraction of sp³-hybridized carbons (Fsp3) is 0.444. The average Bonchev–Trinajstić information content (AvgIpc) is 3.09. The number of benzene rings is 3. The predicted molar refractivity (Wildman–Crippen MR) is 183 cm³/mol. The maximum Gasteiger partial charge on any atom is 0.308 e. The highest BCUT2D eigenvalue weighted by Gasteiger charge is 2.40. The molecule has 0 bridgehead atoms. The number of fused-ring (bicyclic) bond motifs is 1. The summed E-state index contributed by atoms with van der Waals surface area (Å²) in [6.07, 6.45) is 1.04. The Balaban J connectivity index is 0.00000552. The number of rotatable bonds is 14. The van der Waals surface area contributed by atoms with E-state index < -0.39 is 18.2 Å². The van der Waals surface area contributed by atoms with Crippen molar-refractivity contribution in [3.05, 3.63) is 94.5 Å². The molecule has 45 heavy (non-hydrogen) atoms. The van der Waals surface area contributed by atoms with E-state index >= 15 is 0 Å². The molecule has 0 saturated carbocycles. The van der Waals surface area contributed by atoms with Crippen molar-refractivity contribution in [2.45, 2.75) is 65.6 Å². The number of nitrogens with one attached hydrogen (secondary N) is 1. The first-order chi connectivity index (χ1) is 21.2. The topological polar surface area (TPSA) is 77.1 Å². The lowest BCUT2D eigenvalue weighted by Gasteiger charge is -2.31. The molecule has 1 aliphatic rings. The lowest BCUT2D eigenvalue weighted by atomic mass is 9.94. The number of ether oxygens (including phenoxy) is 3. The Kier molecular flexibility index (Phi) is 14.2. The summed E-state index contributed by atoms with van der Waals surface area (Å²) in [5, 5.41) is 4.03. The van der Waals surface area contributed by atoms with E-state index in [1.165, 1.54) is 5.56 Å². The van der Waals surface area contributed by atoms with Gasteiger partial charge < -0.3 is 24.4 Å². The Labute approximate surface area is 279 Å². The third kappa shape index (κ3) is 10.7. The minimum absolute atomic E-state index is 0. The molecule has 0 aromatic heterocycles. The van der Waals surface area contributed by atoms with E-state index in [1.54, 1.807) is 17.9 Å². The van der Waals surface area contributed by atoms with E-state index in [0.29, 0.717) is 29.6 Å². The number of hydrogen-bond acceptors (Lipinski definition) is 6. The van der Waals surface area contributed by atoms with E-state index in [2.05, 4.69) is 50.4 Å². The molecule has 7 nitrogen and oxygen atoms in total. The monoisotopic (exact) mass is 656 g/mol. The van der Waals surface area contributed by atoms with Crippen LogP contribution in [0.1, 0.15) is 69.8 Å². The molecule has 0 fully saturated rings. The zero-order chi connectivity index (χ0) is 31.5. The molecule has 244 valence electrons. The number of anilines is 1. The van der Waals surface area contributed by atoms with Crippen LogP contribution in [-0.4, -0.2) is 50.8 Å². The van der Waals surface area contributed by atoms with Crippen LogP contribution in [0.2, 0.25) is 5.02 Å². The fourth-order valence-electron chi connectivity index (χ4n) is 5.35. The van der Waals surface area contributed by atoms with Crippen LogP contribution in [0.4, 0.5) is 5.69 Å². The number of para-hydroxylation sites is 1. The number of carbonyl (C=O) groups excluding carboxylic acids is 2. The van der Waals surface area contributed by atoms with Gasteiger partial charge in [-0.15, -0.1) is 12.4 Å². The SMILES string of the molecule is CCOC(=O)CC1OC(c2ccccc2OCCCNCCCc2ccccc2)c2cc(Cl)ccc2N(CC(C)(C)C)C1=O.Cl. The predicted octanol–water partition coefficient (Wildman–Crippen LogP) is 7.57. The van der Waals surface area contributed by atoms with Crippen LogP contribution < -0.4 is 15.0 Å². The quantitative estimate of drug-likeness (QED) is 0.142. The first kappa shape index (κ1) is 36.4. The first-order valence-electron chi connectivity index (χ1n) is 15.5. The van der Waals surface area contributed by atoms with Crippen LogP contribution in [0.15, 0.2) is 72.8 Å². The van der Waals surface area contributed by atoms with Crippen LogP contribution in [-0.2, 0) is 25.5 Å². The number of aryl methyl sites for hydroxylation is 1. The zero-order valence-corrected chi connectivity index (χ0v) is 28.3. The Morgan fingerprint density at radius 3 is 2.42 bits per heavy atom. The largest absolute Gasteiger partial charge is 0.493 e. The van der Waals surface area contributed by atoms with Gasteiger partial charge in [0.05, 0.1) is 19.6 Å². The van der Waals surface area contributed by atoms with Crippen LogP contribution >= 0.6 is 24.0 Å². The highest BCUT2D eigenvalue weighted by molar-refractivity contribution is 6.30. The normalized spacial score (nSPS) is 16.4. The van der Waals surface area contributed by atoms with Crippen LogP contribution in [0.5, 0.6) is 5.75 Å². The van der Waals surface area contributed by atoms with E-state index in [1.807, 2.05) is 42.5 Å². The summed E-state index contributed by atoms with van der Waals surface area (Å²) in [5.41, 5.74) is 3.37. The van der Waals surface area contributed by atoms with Gasteiger partial charge in [0.1, 0.15) is 18.0 Å². The standard InChI is InChI=1S/C36H45ClN2O5.ClH/c1-5-42-33(40)24-32-35(41)39(25-36(2,3)4)30-19-18-27(37)23-29(30)34(44-32)28-16-9-10-17-31(28)43-22-12-21-38-20-11-15-26-13-7-6-8-14-26;/h6-10,13-14,16-19,23,32,34,38H,5,11-12,15,20-22,24-25H2,1-4H3;1H. The number of carbonyl (C=O) groups is 2. The lowest BCUT2D eigenvalue weighted by Crippen LogP contribution is -2.44. The highest BCUT2D eigenvalue weighted by atomic mass is 35.5. The van der Waals surface area contributed by atoms with Gasteiger partial charge in [-0.25, -0.2) is 0 Å². The summed E-state index contributed by atoms with van der Waals surface area (Å²) >= 11 is 6.52. The molecule has 2 atom stereocenters. The summed E-state index contributed by atoms with van der Waals surface area (Å²) in [5.74, 6) is -0.0972. The van der Waals surface area contributed by atoms with Crippen molar-refractivity contribution in [3.8, 4) is 5.75 Å². The molecule has 0 spiro atoms. The molecular formula is C36H46Cl2N2O5. The van der Waals surface area contributed by atoms with Crippen molar-refractivity contribution in [1.29, 1.82) is 0 Å². The second-order valence-corrected chi connectivity index (χ2v) is 12.7. The molecule has 1 N–H and O–H groups in total. The second kappa shape index (κ2) is 17.6. The van der Waals surface area contributed by atoms with Gasteiger partial charge in [-0.3, -0.25) is 9.59 Å². The molecule has 9 heteroatoms. The van der Waals surface area contributed by atoms with Gasteiger partial charge in [0.15, 0.2) is 0 Å². The second-order valence-electron chi connectivity index (χ2n) is 12.3. The lowest BCUT2D eigenvalue weighted by molar-refractivity contribution is -0.151. The van der Waals surface area contributed by atoms with Gasteiger partial charge in [0, 0.05) is 28.4 Å². The van der Waals surface area contributed by atoms with Crippen molar-refractivity contribution in [2.75, 3.05) is 37.7 Å². The molecule has 3 aromatic carbocycles. The molecule has 1 aliphatic heterocycles. The molecule has 0 aliphatic carbocycles. The summed E-state index contributed by atoms with van der Waals surface area (Å²) in [6.45, 7) is 10.9. The molecule has 3 aromatic rings. The van der Waals surface area contributed by atoms with Gasteiger partial charge in [0.2, 0.25) is 0 Å². The van der Waals surface area contributed by atoms with Crippen LogP contribution in [0.3, 0.4) is 0 Å². The van der Waals surface area contributed by atoms with Crippen molar-refractivity contribution < 1.29 is 23.8 Å². The van der Waals surface area contributed by atoms with Gasteiger partial charge >= 0.3 is 5.97 Å². The Bertz CT molecular complexity index is 1380. The van der Waals surface area contributed by atoms with Gasteiger partial charge in [-0.1, -0.05) is 80.9 Å². The molecular weight excluding hydrogens is 611 g/mol. The summed E-state index contributed by atoms with van der Waals surface area (Å²) in [7, 11) is 0. The van der Waals surface area contributed by atoms with E-state index in [4.69, 9.17) is 25.8 Å². The minimum atomic E-state index is -1.04. The molecule has 0 radical (unpaired) electrons. The maximum absolute atomic E-state index is 14.0. The number of nitrogens with zero attached hydrogens (tertiary/aromatic N) is 1. The third-order valence-electron chi connectivity index (χ3n) is 7.31. The Hall–Kier alpha value is -3.10. The molecule has 1 amide bonds. The van der Waals surface area contributed by atoms with E-state index in [-0.39, 0.29) is 36.8 Å².